The third kappa shape index (κ3) is 5.34. The van der Waals surface area contributed by atoms with Crippen molar-refractivity contribution in [2.24, 2.45) is 0 Å². The van der Waals surface area contributed by atoms with Gasteiger partial charge in [0.2, 0.25) is 15.9 Å². The van der Waals surface area contributed by atoms with Crippen molar-refractivity contribution in [1.82, 2.24) is 5.32 Å². The lowest BCUT2D eigenvalue weighted by molar-refractivity contribution is -0.116. The van der Waals surface area contributed by atoms with Crippen LogP contribution in [-0.2, 0) is 21.4 Å². The fourth-order valence-electron chi connectivity index (χ4n) is 1.76. The molecule has 0 saturated carbocycles. The summed E-state index contributed by atoms with van der Waals surface area (Å²) in [6, 6.07) is 8.85. The predicted molar refractivity (Wildman–Crippen MR) is 90.1 cm³/mol. The number of carbonyl (C=O) groups excluding carboxylic acids is 1. The first-order chi connectivity index (χ1) is 10.4. The van der Waals surface area contributed by atoms with Crippen LogP contribution in [-0.4, -0.2) is 20.6 Å². The van der Waals surface area contributed by atoms with Gasteiger partial charge >= 0.3 is 0 Å². The van der Waals surface area contributed by atoms with E-state index in [0.717, 1.165) is 11.8 Å². The third-order valence-electron chi connectivity index (χ3n) is 2.74. The quantitative estimate of drug-likeness (QED) is 0.796. The highest BCUT2D eigenvalue weighted by Crippen LogP contribution is 2.16. The molecule has 116 valence electrons. The van der Waals surface area contributed by atoms with Gasteiger partial charge in [-0.2, -0.15) is 11.3 Å². The molecule has 0 atom stereocenters. The Labute approximate surface area is 133 Å². The van der Waals surface area contributed by atoms with Crippen LogP contribution < -0.4 is 10.0 Å². The molecule has 2 aromatic rings. The Morgan fingerprint density at radius 2 is 2.05 bits per heavy atom. The Morgan fingerprint density at radius 3 is 2.73 bits per heavy atom. The van der Waals surface area contributed by atoms with Gasteiger partial charge in [0.25, 0.3) is 0 Å². The first-order valence-corrected chi connectivity index (χ1v) is 9.31. The maximum absolute atomic E-state index is 11.8. The Hall–Kier alpha value is -2.12. The highest BCUT2D eigenvalue weighted by molar-refractivity contribution is 7.92. The molecule has 1 heterocycles. The minimum Gasteiger partial charge on any atom is -0.348 e. The number of benzene rings is 1. The van der Waals surface area contributed by atoms with E-state index in [-0.39, 0.29) is 12.5 Å². The molecule has 5 nitrogen and oxygen atoms in total. The molecule has 2 rings (SSSR count). The summed E-state index contributed by atoms with van der Waals surface area (Å²) in [5.74, 6) is -0.236. The second-order valence-corrected chi connectivity index (χ2v) is 7.17. The Kier molecular flexibility index (Phi) is 5.35. The number of anilines is 1. The van der Waals surface area contributed by atoms with Crippen molar-refractivity contribution < 1.29 is 13.2 Å². The van der Waals surface area contributed by atoms with E-state index >= 15 is 0 Å². The van der Waals surface area contributed by atoms with Crippen molar-refractivity contribution in [2.75, 3.05) is 11.0 Å². The maximum Gasteiger partial charge on any atom is 0.244 e. The molecule has 0 saturated heterocycles. The Morgan fingerprint density at radius 1 is 1.27 bits per heavy atom. The van der Waals surface area contributed by atoms with Crippen LogP contribution in [0.3, 0.4) is 0 Å². The monoisotopic (exact) mass is 336 g/mol. The molecular formula is C15H16N2O3S2. The average molecular weight is 336 g/mol. The highest BCUT2D eigenvalue weighted by atomic mass is 32.2. The van der Waals surface area contributed by atoms with Crippen LogP contribution in [0.25, 0.3) is 6.08 Å². The summed E-state index contributed by atoms with van der Waals surface area (Å²) in [6.07, 6.45) is 4.27. The van der Waals surface area contributed by atoms with Crippen molar-refractivity contribution >= 4 is 39.0 Å². The molecule has 0 fully saturated rings. The van der Waals surface area contributed by atoms with E-state index in [4.69, 9.17) is 0 Å². The lowest BCUT2D eigenvalue weighted by atomic mass is 10.2. The standard InChI is InChI=1S/C15H16N2O3S2/c1-22(19,20)17-14-5-3-2-4-13(14)10-16-15(18)7-6-12-8-9-21-11-12/h2-9,11,17H,10H2,1H3,(H,16,18). The normalized spacial score (nSPS) is 11.5. The van der Waals surface area contributed by atoms with Crippen LogP contribution in [0.5, 0.6) is 0 Å². The van der Waals surface area contributed by atoms with Crippen LogP contribution in [0.4, 0.5) is 5.69 Å². The number of rotatable bonds is 6. The minimum atomic E-state index is -3.35. The lowest BCUT2D eigenvalue weighted by Gasteiger charge is -2.10. The number of hydrogen-bond acceptors (Lipinski definition) is 4. The molecule has 0 radical (unpaired) electrons. The van der Waals surface area contributed by atoms with Gasteiger partial charge in [0, 0.05) is 12.6 Å². The van der Waals surface area contributed by atoms with Gasteiger partial charge in [-0.05, 0) is 40.1 Å². The van der Waals surface area contributed by atoms with Crippen LogP contribution in [0.2, 0.25) is 0 Å². The van der Waals surface area contributed by atoms with Crippen molar-refractivity contribution in [2.45, 2.75) is 6.54 Å². The average Bonchev–Trinajstić information content (AvgIpc) is 2.96. The second kappa shape index (κ2) is 7.24. The highest BCUT2D eigenvalue weighted by Gasteiger charge is 2.07. The number of nitrogens with one attached hydrogen (secondary N) is 2. The minimum absolute atomic E-state index is 0.236. The van der Waals surface area contributed by atoms with E-state index in [0.29, 0.717) is 11.3 Å². The van der Waals surface area contributed by atoms with Crippen molar-refractivity contribution in [3.63, 3.8) is 0 Å². The van der Waals surface area contributed by atoms with Gasteiger partial charge in [-0.25, -0.2) is 8.42 Å². The zero-order valence-corrected chi connectivity index (χ0v) is 13.6. The number of hydrogen-bond donors (Lipinski definition) is 2. The van der Waals surface area contributed by atoms with Crippen molar-refractivity contribution in [3.8, 4) is 0 Å². The predicted octanol–water partition coefficient (Wildman–Crippen LogP) is 2.45. The third-order valence-corrected chi connectivity index (χ3v) is 4.03. The summed E-state index contributed by atoms with van der Waals surface area (Å²) in [5, 5.41) is 6.61. The molecule has 0 bridgehead atoms. The summed E-state index contributed by atoms with van der Waals surface area (Å²) in [4.78, 5) is 11.8. The largest absolute Gasteiger partial charge is 0.348 e. The van der Waals surface area contributed by atoms with Gasteiger partial charge in [-0.3, -0.25) is 9.52 Å². The van der Waals surface area contributed by atoms with Crippen LogP contribution in [0.15, 0.2) is 47.2 Å². The van der Waals surface area contributed by atoms with E-state index in [1.807, 2.05) is 16.8 Å². The maximum atomic E-state index is 11.8. The zero-order valence-electron chi connectivity index (χ0n) is 11.9. The second-order valence-electron chi connectivity index (χ2n) is 4.64. The zero-order chi connectivity index (χ0) is 16.0. The fourth-order valence-corrected chi connectivity index (χ4v) is 2.98. The number of amides is 1. The molecule has 1 aromatic heterocycles. The molecule has 2 N–H and O–H groups in total. The van der Waals surface area contributed by atoms with Crippen molar-refractivity contribution in [1.29, 1.82) is 0 Å². The Balaban J connectivity index is 1.98. The number of para-hydroxylation sites is 1. The van der Waals surface area contributed by atoms with Gasteiger partial charge < -0.3 is 5.32 Å². The number of sulfonamides is 1. The molecule has 0 spiro atoms. The van der Waals surface area contributed by atoms with E-state index in [1.54, 1.807) is 41.7 Å². The van der Waals surface area contributed by atoms with E-state index in [9.17, 15) is 13.2 Å². The molecule has 0 aliphatic carbocycles. The van der Waals surface area contributed by atoms with Crippen LogP contribution in [0.1, 0.15) is 11.1 Å². The molecule has 1 aromatic carbocycles. The summed E-state index contributed by atoms with van der Waals surface area (Å²) in [7, 11) is -3.35. The molecule has 0 unspecified atom stereocenters. The van der Waals surface area contributed by atoms with Crippen LogP contribution >= 0.6 is 11.3 Å². The summed E-state index contributed by atoms with van der Waals surface area (Å²) in [6.45, 7) is 0.242. The van der Waals surface area contributed by atoms with Gasteiger partial charge in [0.15, 0.2) is 0 Å². The molecule has 7 heteroatoms. The van der Waals surface area contributed by atoms with Gasteiger partial charge in [-0.15, -0.1) is 0 Å². The first kappa shape index (κ1) is 16.3. The topological polar surface area (TPSA) is 75.3 Å². The first-order valence-electron chi connectivity index (χ1n) is 6.48. The molecule has 22 heavy (non-hydrogen) atoms. The smallest absolute Gasteiger partial charge is 0.244 e. The molecule has 1 amide bonds. The Bertz CT molecular complexity index is 766. The summed E-state index contributed by atoms with van der Waals surface area (Å²) < 4.78 is 25.1. The van der Waals surface area contributed by atoms with Crippen molar-refractivity contribution in [3.05, 3.63) is 58.3 Å². The number of carbonyl (C=O) groups is 1. The summed E-state index contributed by atoms with van der Waals surface area (Å²) >= 11 is 1.56. The fraction of sp³-hybridized carbons (Fsp3) is 0.133. The number of thiophene rings is 1. The molecule has 0 aliphatic heterocycles. The van der Waals surface area contributed by atoms with Gasteiger partial charge in [0.1, 0.15) is 0 Å². The molecular weight excluding hydrogens is 320 g/mol. The van der Waals surface area contributed by atoms with Crippen LogP contribution in [0, 0.1) is 0 Å². The SMILES string of the molecule is CS(=O)(=O)Nc1ccccc1CNC(=O)C=Cc1ccsc1. The van der Waals surface area contributed by atoms with E-state index < -0.39 is 10.0 Å². The molecule has 0 aliphatic rings. The lowest BCUT2D eigenvalue weighted by Crippen LogP contribution is -2.21. The van der Waals surface area contributed by atoms with E-state index in [2.05, 4.69) is 10.0 Å². The van der Waals surface area contributed by atoms with Gasteiger partial charge in [0.05, 0.1) is 11.9 Å². The summed E-state index contributed by atoms with van der Waals surface area (Å²) in [5.41, 5.74) is 2.14. The van der Waals surface area contributed by atoms with Gasteiger partial charge in [-0.1, -0.05) is 18.2 Å². The van der Waals surface area contributed by atoms with E-state index in [1.165, 1.54) is 6.08 Å².